The third-order valence-corrected chi connectivity index (χ3v) is 4.24. The van der Waals surface area contributed by atoms with Gasteiger partial charge in [0.05, 0.1) is 0 Å². The third-order valence-electron chi connectivity index (χ3n) is 3.15. The molecule has 2 rings (SSSR count). The van der Waals surface area contributed by atoms with E-state index in [1.54, 1.807) is 11.3 Å². The predicted molar refractivity (Wildman–Crippen MR) is 69.1 cm³/mol. The maximum Gasteiger partial charge on any atom is 0.183 e. The first-order valence-electron chi connectivity index (χ1n) is 5.64. The van der Waals surface area contributed by atoms with Crippen molar-refractivity contribution in [3.05, 3.63) is 15.5 Å². The van der Waals surface area contributed by atoms with Gasteiger partial charge in [0, 0.05) is 30.2 Å². The van der Waals surface area contributed by atoms with Crippen LogP contribution in [-0.4, -0.2) is 48.0 Å². The molecule has 1 fully saturated rings. The first-order valence-corrected chi connectivity index (χ1v) is 6.83. The van der Waals surface area contributed by atoms with Crippen LogP contribution in [0, 0.1) is 0 Å². The molecule has 0 amide bonds. The highest BCUT2D eigenvalue weighted by atomic mass is 35.5. The van der Waals surface area contributed by atoms with Crippen LogP contribution < -0.4 is 0 Å². The number of hydrogen-bond donors (Lipinski definition) is 0. The minimum atomic E-state index is 0.640. The summed E-state index contributed by atoms with van der Waals surface area (Å²) in [6.07, 6.45) is 4.54. The van der Waals surface area contributed by atoms with Crippen molar-refractivity contribution in [2.45, 2.75) is 25.4 Å². The van der Waals surface area contributed by atoms with Crippen LogP contribution in [0.4, 0.5) is 0 Å². The van der Waals surface area contributed by atoms with Crippen molar-refractivity contribution in [1.82, 2.24) is 14.8 Å². The highest BCUT2D eigenvalue weighted by Crippen LogP contribution is 2.20. The van der Waals surface area contributed by atoms with Crippen LogP contribution in [-0.2, 0) is 6.54 Å². The number of halogens is 1. The van der Waals surface area contributed by atoms with Crippen molar-refractivity contribution in [2.75, 3.05) is 27.2 Å². The van der Waals surface area contributed by atoms with Gasteiger partial charge in [-0.05, 0) is 33.5 Å². The average molecular weight is 260 g/mol. The van der Waals surface area contributed by atoms with Gasteiger partial charge >= 0.3 is 0 Å². The first kappa shape index (κ1) is 12.3. The fourth-order valence-corrected chi connectivity index (χ4v) is 3.32. The van der Waals surface area contributed by atoms with Gasteiger partial charge in [0.15, 0.2) is 4.47 Å². The number of aromatic nitrogens is 1. The molecule has 3 nitrogen and oxygen atoms in total. The molecular weight excluding hydrogens is 242 g/mol. The summed E-state index contributed by atoms with van der Waals surface area (Å²) in [5, 5.41) is 0. The summed E-state index contributed by atoms with van der Waals surface area (Å²) in [6, 6.07) is 0.716. The van der Waals surface area contributed by atoms with Crippen LogP contribution in [0.3, 0.4) is 0 Å². The van der Waals surface area contributed by atoms with Gasteiger partial charge in [0.2, 0.25) is 0 Å². The number of likely N-dealkylation sites (N-methyl/N-ethyl adjacent to an activating group) is 2. The molecule has 0 bridgehead atoms. The second kappa shape index (κ2) is 5.45. The Kier molecular flexibility index (Phi) is 4.19. The van der Waals surface area contributed by atoms with Gasteiger partial charge in [-0.15, -0.1) is 11.3 Å². The molecule has 16 heavy (non-hydrogen) atoms. The van der Waals surface area contributed by atoms with E-state index in [1.807, 2.05) is 6.20 Å². The standard InChI is InChI=1S/C11H18ClN3S/c1-14(7-9-4-3-5-15(9)2)8-10-6-13-11(12)16-10/h6,9H,3-5,7-8H2,1-2H3. The monoisotopic (exact) mass is 259 g/mol. The zero-order chi connectivity index (χ0) is 11.5. The van der Waals surface area contributed by atoms with Crippen molar-refractivity contribution < 1.29 is 0 Å². The van der Waals surface area contributed by atoms with Gasteiger partial charge in [0.25, 0.3) is 0 Å². The second-order valence-corrected chi connectivity index (χ2v) is 6.25. The lowest BCUT2D eigenvalue weighted by Crippen LogP contribution is -2.36. The Morgan fingerprint density at radius 3 is 3.06 bits per heavy atom. The largest absolute Gasteiger partial charge is 0.302 e. The quantitative estimate of drug-likeness (QED) is 0.827. The molecule has 1 unspecified atom stereocenters. The van der Waals surface area contributed by atoms with E-state index in [9.17, 15) is 0 Å². The zero-order valence-corrected chi connectivity index (χ0v) is 11.4. The Labute approximate surface area is 106 Å². The van der Waals surface area contributed by atoms with E-state index in [0.29, 0.717) is 10.5 Å². The topological polar surface area (TPSA) is 19.4 Å². The summed E-state index contributed by atoms with van der Waals surface area (Å²) in [4.78, 5) is 10.1. The summed E-state index contributed by atoms with van der Waals surface area (Å²) in [5.41, 5.74) is 0. The molecule has 1 aromatic rings. The van der Waals surface area contributed by atoms with E-state index < -0.39 is 0 Å². The molecule has 1 aliphatic rings. The van der Waals surface area contributed by atoms with E-state index in [2.05, 4.69) is 28.9 Å². The van der Waals surface area contributed by atoms with E-state index in [4.69, 9.17) is 11.6 Å². The van der Waals surface area contributed by atoms with Crippen molar-refractivity contribution in [3.63, 3.8) is 0 Å². The molecule has 0 aliphatic carbocycles. The normalized spacial score (nSPS) is 22.1. The Balaban J connectivity index is 1.82. The van der Waals surface area contributed by atoms with Gasteiger partial charge in [-0.2, -0.15) is 0 Å². The molecular formula is C11H18ClN3S. The van der Waals surface area contributed by atoms with E-state index in [0.717, 1.165) is 13.1 Å². The fraction of sp³-hybridized carbons (Fsp3) is 0.727. The van der Waals surface area contributed by atoms with E-state index in [1.165, 1.54) is 24.3 Å². The maximum atomic E-state index is 5.82. The van der Waals surface area contributed by atoms with Crippen LogP contribution >= 0.6 is 22.9 Å². The summed E-state index contributed by atoms with van der Waals surface area (Å²) in [5.74, 6) is 0. The lowest BCUT2D eigenvalue weighted by atomic mass is 10.2. The SMILES string of the molecule is CN(Cc1cnc(Cl)s1)CC1CCCN1C. The molecule has 0 N–H and O–H groups in total. The lowest BCUT2D eigenvalue weighted by Gasteiger charge is -2.25. The van der Waals surface area contributed by atoms with Gasteiger partial charge in [0.1, 0.15) is 0 Å². The van der Waals surface area contributed by atoms with E-state index >= 15 is 0 Å². The molecule has 5 heteroatoms. The maximum absolute atomic E-state index is 5.82. The van der Waals surface area contributed by atoms with Crippen molar-refractivity contribution in [1.29, 1.82) is 0 Å². The highest BCUT2D eigenvalue weighted by molar-refractivity contribution is 7.15. The fourth-order valence-electron chi connectivity index (χ4n) is 2.26. The Hall–Kier alpha value is -0.160. The molecule has 1 saturated heterocycles. The number of nitrogens with zero attached hydrogens (tertiary/aromatic N) is 3. The molecule has 0 radical (unpaired) electrons. The zero-order valence-electron chi connectivity index (χ0n) is 9.82. The smallest absolute Gasteiger partial charge is 0.183 e. The van der Waals surface area contributed by atoms with Gasteiger partial charge in [-0.1, -0.05) is 11.6 Å². The predicted octanol–water partition coefficient (Wildman–Crippen LogP) is 2.32. The Morgan fingerprint density at radius 2 is 2.50 bits per heavy atom. The summed E-state index contributed by atoms with van der Waals surface area (Å²) < 4.78 is 0.640. The summed E-state index contributed by atoms with van der Waals surface area (Å²) >= 11 is 7.39. The Bertz CT molecular complexity index is 342. The van der Waals surface area contributed by atoms with Crippen LogP contribution in [0.15, 0.2) is 6.20 Å². The van der Waals surface area contributed by atoms with Crippen LogP contribution in [0.1, 0.15) is 17.7 Å². The number of likely N-dealkylation sites (tertiary alicyclic amines) is 1. The van der Waals surface area contributed by atoms with Crippen LogP contribution in [0.2, 0.25) is 4.47 Å². The first-order chi connectivity index (χ1) is 7.65. The molecule has 0 spiro atoms. The molecule has 1 atom stereocenters. The average Bonchev–Trinajstić information content (AvgIpc) is 2.77. The minimum Gasteiger partial charge on any atom is -0.302 e. The Morgan fingerprint density at radius 1 is 1.69 bits per heavy atom. The number of thiazole rings is 1. The van der Waals surface area contributed by atoms with Crippen LogP contribution in [0.5, 0.6) is 0 Å². The third kappa shape index (κ3) is 3.17. The summed E-state index contributed by atoms with van der Waals surface area (Å²) in [7, 11) is 4.38. The molecule has 2 heterocycles. The number of hydrogen-bond acceptors (Lipinski definition) is 4. The van der Waals surface area contributed by atoms with Gasteiger partial charge in [-0.3, -0.25) is 4.90 Å². The van der Waals surface area contributed by atoms with Gasteiger partial charge in [-0.25, -0.2) is 4.98 Å². The van der Waals surface area contributed by atoms with Crippen molar-refractivity contribution >= 4 is 22.9 Å². The molecule has 1 aromatic heterocycles. The minimum absolute atomic E-state index is 0.640. The van der Waals surface area contributed by atoms with Gasteiger partial charge < -0.3 is 4.90 Å². The second-order valence-electron chi connectivity index (χ2n) is 4.55. The lowest BCUT2D eigenvalue weighted by molar-refractivity contribution is 0.216. The van der Waals surface area contributed by atoms with Crippen molar-refractivity contribution in [2.24, 2.45) is 0 Å². The van der Waals surface area contributed by atoms with Crippen LogP contribution in [0.25, 0.3) is 0 Å². The summed E-state index contributed by atoms with van der Waals surface area (Å²) in [6.45, 7) is 3.33. The number of rotatable bonds is 4. The molecule has 1 aliphatic heterocycles. The molecule has 0 saturated carbocycles. The van der Waals surface area contributed by atoms with Crippen molar-refractivity contribution in [3.8, 4) is 0 Å². The van der Waals surface area contributed by atoms with E-state index in [-0.39, 0.29) is 0 Å². The molecule has 90 valence electrons. The molecule has 0 aromatic carbocycles. The highest BCUT2D eigenvalue weighted by Gasteiger charge is 2.22.